The predicted octanol–water partition coefficient (Wildman–Crippen LogP) is 19.4. The van der Waals surface area contributed by atoms with Crippen LogP contribution in [0.25, 0.3) is 55.5 Å². The Labute approximate surface area is 446 Å². The van der Waals surface area contributed by atoms with E-state index in [2.05, 4.69) is 277 Å². The van der Waals surface area contributed by atoms with E-state index in [1.54, 1.807) is 16.7 Å². The van der Waals surface area contributed by atoms with Crippen LogP contribution in [0.2, 0.25) is 0 Å². The molecule has 0 amide bonds. The van der Waals surface area contributed by atoms with Crippen molar-refractivity contribution in [1.82, 2.24) is 4.57 Å². The molecule has 10 aromatic rings. The van der Waals surface area contributed by atoms with Gasteiger partial charge in [-0.3, -0.25) is 0 Å². The zero-order valence-electron chi connectivity index (χ0n) is 43.0. The number of hydrogen-bond acceptors (Lipinski definition) is 2. The van der Waals surface area contributed by atoms with Crippen molar-refractivity contribution in [2.75, 3.05) is 9.80 Å². The number of nitrogens with zero attached hydrogens (tertiary/aromatic N) is 3. The van der Waals surface area contributed by atoms with Gasteiger partial charge >= 0.3 is 0 Å². The highest BCUT2D eigenvalue weighted by Crippen LogP contribution is 2.56. The van der Waals surface area contributed by atoms with Crippen molar-refractivity contribution >= 4 is 50.6 Å². The zero-order valence-corrected chi connectivity index (χ0v) is 43.0. The Kier molecular flexibility index (Phi) is 10.3. The molecule has 3 nitrogen and oxygen atoms in total. The SMILES string of the molecule is CC1(C)c2cc(-c3ccc4c(c3)c3c(n4-c4ccccc4)CC4C=CC5=C6C4=C3CCC6CC=C5)ccc2-c2ccc(N(c3ccc(-c4ccccc4)cc3)c3ccc(N(c4ccccc4)c4ccccc4)cc3)cc21. The van der Waals surface area contributed by atoms with Gasteiger partial charge in [0.25, 0.3) is 0 Å². The second kappa shape index (κ2) is 17.6. The van der Waals surface area contributed by atoms with Crippen LogP contribution in [0.5, 0.6) is 0 Å². The van der Waals surface area contributed by atoms with Crippen molar-refractivity contribution in [2.45, 2.75) is 44.9 Å². The summed E-state index contributed by atoms with van der Waals surface area (Å²) < 4.78 is 2.59. The molecule has 5 aliphatic carbocycles. The average Bonchev–Trinajstić information content (AvgIpc) is 3.96. The lowest BCUT2D eigenvalue weighted by Gasteiger charge is -2.41. The summed E-state index contributed by atoms with van der Waals surface area (Å²) in [5.41, 5.74) is 28.5. The van der Waals surface area contributed by atoms with Gasteiger partial charge in [-0.05, 0) is 202 Å². The van der Waals surface area contributed by atoms with E-state index in [4.69, 9.17) is 0 Å². The van der Waals surface area contributed by atoms with E-state index in [1.807, 2.05) is 0 Å². The molecule has 0 spiro atoms. The Morgan fingerprint density at radius 2 is 1.00 bits per heavy atom. The van der Waals surface area contributed by atoms with Gasteiger partial charge in [-0.25, -0.2) is 0 Å². The second-order valence-electron chi connectivity index (χ2n) is 21.9. The van der Waals surface area contributed by atoms with E-state index < -0.39 is 0 Å². The minimum Gasteiger partial charge on any atom is -0.313 e. The van der Waals surface area contributed by atoms with Gasteiger partial charge in [-0.2, -0.15) is 0 Å². The molecule has 2 unspecified atom stereocenters. The highest BCUT2D eigenvalue weighted by Gasteiger charge is 2.41. The number of aromatic nitrogens is 1. The van der Waals surface area contributed by atoms with Gasteiger partial charge < -0.3 is 14.4 Å². The summed E-state index contributed by atoms with van der Waals surface area (Å²) in [6.07, 6.45) is 14.3. The Balaban J connectivity index is 0.820. The van der Waals surface area contributed by atoms with Crippen LogP contribution in [0.4, 0.5) is 34.1 Å². The molecule has 0 fully saturated rings. The van der Waals surface area contributed by atoms with E-state index in [1.165, 1.54) is 84.3 Å². The van der Waals surface area contributed by atoms with Crippen LogP contribution >= 0.6 is 0 Å². The van der Waals surface area contributed by atoms with E-state index in [0.717, 1.165) is 53.4 Å². The van der Waals surface area contributed by atoms with Crippen LogP contribution in [-0.4, -0.2) is 4.57 Å². The summed E-state index contributed by atoms with van der Waals surface area (Å²) in [5, 5.41) is 1.38. The van der Waals surface area contributed by atoms with Crippen LogP contribution < -0.4 is 9.80 Å². The van der Waals surface area contributed by atoms with Crippen LogP contribution in [-0.2, 0) is 11.8 Å². The van der Waals surface area contributed by atoms with Crippen LogP contribution in [0.15, 0.2) is 265 Å². The summed E-state index contributed by atoms with van der Waals surface area (Å²) in [6, 6.07) is 82.9. The van der Waals surface area contributed by atoms with Gasteiger partial charge in [0.1, 0.15) is 0 Å². The largest absolute Gasteiger partial charge is 0.313 e. The molecule has 364 valence electrons. The van der Waals surface area contributed by atoms with Crippen molar-refractivity contribution in [2.24, 2.45) is 11.8 Å². The van der Waals surface area contributed by atoms with Crippen molar-refractivity contribution in [3.63, 3.8) is 0 Å². The maximum absolute atomic E-state index is 2.59. The van der Waals surface area contributed by atoms with E-state index in [-0.39, 0.29) is 5.41 Å². The molecule has 0 saturated heterocycles. The number of allylic oxidation sites excluding steroid dienone is 8. The first kappa shape index (κ1) is 44.6. The fourth-order valence-corrected chi connectivity index (χ4v) is 13.8. The Bertz CT molecular complexity index is 4000. The van der Waals surface area contributed by atoms with Gasteiger partial charge in [0, 0.05) is 67.8 Å². The predicted molar refractivity (Wildman–Crippen MR) is 318 cm³/mol. The van der Waals surface area contributed by atoms with E-state index in [0.29, 0.717) is 11.8 Å². The molecule has 1 aromatic heterocycles. The lowest BCUT2D eigenvalue weighted by molar-refractivity contribution is 0.528. The third kappa shape index (κ3) is 7.09. The van der Waals surface area contributed by atoms with Gasteiger partial charge in [0.15, 0.2) is 0 Å². The average molecular weight is 976 g/mol. The first-order valence-corrected chi connectivity index (χ1v) is 27.3. The molecule has 76 heavy (non-hydrogen) atoms. The normalized spacial score (nSPS) is 17.3. The molecule has 0 radical (unpaired) electrons. The minimum absolute atomic E-state index is 0.246. The summed E-state index contributed by atoms with van der Waals surface area (Å²) in [4.78, 5) is 4.75. The number of anilines is 6. The van der Waals surface area contributed by atoms with Crippen LogP contribution in [0.1, 0.15) is 55.5 Å². The van der Waals surface area contributed by atoms with Crippen LogP contribution in [0, 0.1) is 11.8 Å². The fraction of sp³-hybridized carbons (Fsp3) is 0.123. The Morgan fingerprint density at radius 1 is 0.474 bits per heavy atom. The molecule has 0 saturated carbocycles. The molecule has 2 atom stereocenters. The molecule has 1 heterocycles. The quantitative estimate of drug-likeness (QED) is 0.143. The summed E-state index contributed by atoms with van der Waals surface area (Å²) in [6.45, 7) is 4.84. The van der Waals surface area contributed by atoms with Gasteiger partial charge in [0.05, 0.1) is 5.52 Å². The van der Waals surface area contributed by atoms with Crippen molar-refractivity contribution in [3.05, 3.63) is 288 Å². The summed E-state index contributed by atoms with van der Waals surface area (Å²) >= 11 is 0. The van der Waals surface area contributed by atoms with Crippen LogP contribution in [0.3, 0.4) is 0 Å². The van der Waals surface area contributed by atoms with Gasteiger partial charge in [-0.1, -0.05) is 159 Å². The van der Waals surface area contributed by atoms with Gasteiger partial charge in [-0.15, -0.1) is 0 Å². The number of benzene rings is 9. The lowest BCUT2D eigenvalue weighted by atomic mass is 9.63. The van der Waals surface area contributed by atoms with Gasteiger partial charge in [0.2, 0.25) is 0 Å². The molecule has 0 bridgehead atoms. The number of fused-ring (bicyclic) bond motifs is 7. The molecule has 5 aliphatic rings. The zero-order chi connectivity index (χ0) is 50.5. The highest BCUT2D eigenvalue weighted by molar-refractivity contribution is 6.01. The first-order valence-electron chi connectivity index (χ1n) is 27.3. The Morgan fingerprint density at radius 3 is 1.68 bits per heavy atom. The lowest BCUT2D eigenvalue weighted by Crippen LogP contribution is -2.27. The summed E-state index contributed by atoms with van der Waals surface area (Å²) in [5.74, 6) is 1.06. The third-order valence-electron chi connectivity index (χ3n) is 17.3. The van der Waals surface area contributed by atoms with Crippen molar-refractivity contribution in [1.29, 1.82) is 0 Å². The van der Waals surface area contributed by atoms with Crippen molar-refractivity contribution < 1.29 is 0 Å². The topological polar surface area (TPSA) is 11.4 Å². The Hall–Kier alpha value is -8.92. The van der Waals surface area contributed by atoms with E-state index >= 15 is 0 Å². The smallest absolute Gasteiger partial charge is 0.0538 e. The number of rotatable bonds is 9. The minimum atomic E-state index is -0.246. The standard InChI is InChI=1S/C73H57N3/c1-73(2)66-45-53(52-32-43-68-65(44-52)72-64-41-30-51-19-15-18-50-26-27-54(71(64)70(50)51)46-69(72)76(68)57-24-13-6-14-25-57)31-40-62(66)63-42-39-61(47-67(63)73)75(58-33-28-49(29-34-58)48-16-7-3-8-17-48)60-37-35-59(36-38-60)74(55-20-9-4-10-21-55)56-22-11-5-12-23-56/h3-18,20-29,31-40,42-45,47,51,54H,19,30,41,46H2,1-2H3. The highest BCUT2D eigenvalue weighted by atomic mass is 15.2. The molecule has 3 heteroatoms. The van der Waals surface area contributed by atoms with Crippen molar-refractivity contribution in [3.8, 4) is 39.1 Å². The maximum Gasteiger partial charge on any atom is 0.0538 e. The third-order valence-corrected chi connectivity index (χ3v) is 17.3. The maximum atomic E-state index is 2.59. The molecular weight excluding hydrogens is 919 g/mol. The second-order valence-corrected chi connectivity index (χ2v) is 21.9. The molecule has 0 aliphatic heterocycles. The monoisotopic (exact) mass is 975 g/mol. The molecule has 9 aromatic carbocycles. The number of para-hydroxylation sites is 3. The summed E-state index contributed by atoms with van der Waals surface area (Å²) in [7, 11) is 0. The first-order chi connectivity index (χ1) is 37.4. The molecule has 15 rings (SSSR count). The molecular formula is C73H57N3. The number of hydrogen-bond donors (Lipinski definition) is 0. The molecule has 0 N–H and O–H groups in total. The fourth-order valence-electron chi connectivity index (χ4n) is 13.8. The van der Waals surface area contributed by atoms with E-state index in [9.17, 15) is 0 Å².